The van der Waals surface area contributed by atoms with Gasteiger partial charge in [0.15, 0.2) is 5.82 Å². The Morgan fingerprint density at radius 2 is 1.58 bits per heavy atom. The van der Waals surface area contributed by atoms with Crippen LogP contribution in [0.25, 0.3) is 11.4 Å². The average molecular weight is 386 g/mol. The van der Waals surface area contributed by atoms with Gasteiger partial charge in [-0.25, -0.2) is 18.7 Å². The Hall–Kier alpha value is -2.74. The van der Waals surface area contributed by atoms with Crippen molar-refractivity contribution in [3.63, 3.8) is 0 Å². The predicted octanol–water partition coefficient (Wildman–Crippen LogP) is 5.84. The third-order valence-electron chi connectivity index (χ3n) is 3.36. The second-order valence-electron chi connectivity index (χ2n) is 5.22. The second kappa shape index (κ2) is 6.87. The standard InChI is InChI=1S/C17H9ClF5N3/c18-14-8-15(24-13-7-11(19)5-6-12(13)20)26-16(25-14)9-1-3-10(4-2-9)17(21,22)23/h1-8H,(H,24,25,26). The van der Waals surface area contributed by atoms with Gasteiger partial charge in [-0.05, 0) is 24.3 Å². The van der Waals surface area contributed by atoms with Crippen LogP contribution in [0, 0.1) is 11.6 Å². The number of nitrogens with one attached hydrogen (secondary N) is 1. The van der Waals surface area contributed by atoms with Crippen molar-refractivity contribution in [3.05, 3.63) is 70.9 Å². The summed E-state index contributed by atoms with van der Waals surface area (Å²) in [5.74, 6) is -1.27. The van der Waals surface area contributed by atoms with Crippen LogP contribution in [0.4, 0.5) is 33.5 Å². The first-order chi connectivity index (χ1) is 12.2. The number of alkyl halides is 3. The highest BCUT2D eigenvalue weighted by atomic mass is 35.5. The highest BCUT2D eigenvalue weighted by Crippen LogP contribution is 2.31. The Morgan fingerprint density at radius 1 is 0.885 bits per heavy atom. The molecule has 0 amide bonds. The fraction of sp³-hybridized carbons (Fsp3) is 0.0588. The molecule has 3 nitrogen and oxygen atoms in total. The number of hydrogen-bond donors (Lipinski definition) is 1. The first-order valence-corrected chi connectivity index (χ1v) is 7.54. The van der Waals surface area contributed by atoms with E-state index >= 15 is 0 Å². The number of hydrogen-bond acceptors (Lipinski definition) is 3. The lowest BCUT2D eigenvalue weighted by molar-refractivity contribution is -0.137. The maximum absolute atomic E-state index is 13.7. The summed E-state index contributed by atoms with van der Waals surface area (Å²) >= 11 is 5.90. The lowest BCUT2D eigenvalue weighted by Gasteiger charge is -2.10. The molecule has 0 spiro atoms. The van der Waals surface area contributed by atoms with E-state index in [4.69, 9.17) is 11.6 Å². The molecular formula is C17H9ClF5N3. The van der Waals surface area contributed by atoms with Crippen molar-refractivity contribution in [1.82, 2.24) is 9.97 Å². The number of benzene rings is 2. The van der Waals surface area contributed by atoms with E-state index in [0.717, 1.165) is 30.3 Å². The van der Waals surface area contributed by atoms with Crippen LogP contribution >= 0.6 is 11.6 Å². The van der Waals surface area contributed by atoms with Gasteiger partial charge in [-0.2, -0.15) is 13.2 Å². The summed E-state index contributed by atoms with van der Waals surface area (Å²) in [6.07, 6.45) is -4.46. The highest BCUT2D eigenvalue weighted by molar-refractivity contribution is 6.29. The molecule has 1 aromatic heterocycles. The molecule has 134 valence electrons. The van der Waals surface area contributed by atoms with Gasteiger partial charge in [0, 0.05) is 17.7 Å². The average Bonchev–Trinajstić information content (AvgIpc) is 2.57. The molecule has 0 aliphatic rings. The molecule has 2 aromatic carbocycles. The molecule has 3 aromatic rings. The topological polar surface area (TPSA) is 37.8 Å². The summed E-state index contributed by atoms with van der Waals surface area (Å²) < 4.78 is 64.9. The number of nitrogens with zero attached hydrogens (tertiary/aromatic N) is 2. The van der Waals surface area contributed by atoms with Crippen LogP contribution < -0.4 is 5.32 Å². The molecule has 0 saturated carbocycles. The van der Waals surface area contributed by atoms with E-state index in [-0.39, 0.29) is 28.0 Å². The monoisotopic (exact) mass is 385 g/mol. The molecule has 3 rings (SSSR count). The lowest BCUT2D eigenvalue weighted by atomic mass is 10.1. The maximum atomic E-state index is 13.7. The van der Waals surface area contributed by atoms with Crippen LogP contribution in [0.2, 0.25) is 5.15 Å². The molecule has 0 bridgehead atoms. The van der Waals surface area contributed by atoms with Crippen molar-refractivity contribution in [2.75, 3.05) is 5.32 Å². The Bertz CT molecular complexity index is 942. The van der Waals surface area contributed by atoms with Gasteiger partial charge < -0.3 is 5.32 Å². The van der Waals surface area contributed by atoms with Crippen molar-refractivity contribution in [3.8, 4) is 11.4 Å². The molecule has 0 unspecified atom stereocenters. The first kappa shape index (κ1) is 18.1. The zero-order chi connectivity index (χ0) is 18.9. The summed E-state index contributed by atoms with van der Waals surface area (Å²) in [6.45, 7) is 0. The van der Waals surface area contributed by atoms with Crippen LogP contribution in [0.5, 0.6) is 0 Å². The van der Waals surface area contributed by atoms with Crippen molar-refractivity contribution in [2.45, 2.75) is 6.18 Å². The van der Waals surface area contributed by atoms with Crippen molar-refractivity contribution >= 4 is 23.1 Å². The summed E-state index contributed by atoms with van der Waals surface area (Å²) in [6, 6.07) is 8.28. The highest BCUT2D eigenvalue weighted by Gasteiger charge is 2.30. The molecule has 0 aliphatic heterocycles. The van der Waals surface area contributed by atoms with Crippen molar-refractivity contribution < 1.29 is 22.0 Å². The molecular weight excluding hydrogens is 377 g/mol. The Morgan fingerprint density at radius 3 is 2.23 bits per heavy atom. The van der Waals surface area contributed by atoms with Crippen molar-refractivity contribution in [2.24, 2.45) is 0 Å². The molecule has 0 aliphatic carbocycles. The normalized spacial score (nSPS) is 11.5. The third kappa shape index (κ3) is 4.08. The Labute approximate surface area is 149 Å². The summed E-state index contributed by atoms with van der Waals surface area (Å²) in [7, 11) is 0. The zero-order valence-corrected chi connectivity index (χ0v) is 13.5. The summed E-state index contributed by atoms with van der Waals surface area (Å²) in [5.41, 5.74) is -0.704. The van der Waals surface area contributed by atoms with Gasteiger partial charge in [-0.3, -0.25) is 0 Å². The van der Waals surface area contributed by atoms with E-state index in [1.807, 2.05) is 0 Å². The van der Waals surface area contributed by atoms with E-state index < -0.39 is 23.4 Å². The van der Waals surface area contributed by atoms with Crippen LogP contribution in [-0.2, 0) is 6.18 Å². The van der Waals surface area contributed by atoms with E-state index in [0.29, 0.717) is 0 Å². The molecule has 0 saturated heterocycles. The smallest absolute Gasteiger partial charge is 0.338 e. The minimum Gasteiger partial charge on any atom is -0.338 e. The zero-order valence-electron chi connectivity index (χ0n) is 12.8. The van der Waals surface area contributed by atoms with Gasteiger partial charge >= 0.3 is 6.18 Å². The number of anilines is 2. The van der Waals surface area contributed by atoms with Gasteiger partial charge in [0.2, 0.25) is 0 Å². The van der Waals surface area contributed by atoms with Crippen LogP contribution in [0.3, 0.4) is 0 Å². The molecule has 26 heavy (non-hydrogen) atoms. The van der Waals surface area contributed by atoms with Gasteiger partial charge in [-0.15, -0.1) is 0 Å². The molecule has 1 N–H and O–H groups in total. The minimum atomic E-state index is -4.46. The first-order valence-electron chi connectivity index (χ1n) is 7.17. The van der Waals surface area contributed by atoms with E-state index in [2.05, 4.69) is 15.3 Å². The Kier molecular flexibility index (Phi) is 4.78. The van der Waals surface area contributed by atoms with Crippen molar-refractivity contribution in [1.29, 1.82) is 0 Å². The fourth-order valence-electron chi connectivity index (χ4n) is 2.15. The SMILES string of the molecule is Fc1ccc(F)c(Nc2cc(Cl)nc(-c3ccc(C(F)(F)F)cc3)n2)c1. The predicted molar refractivity (Wildman–Crippen MR) is 87.1 cm³/mol. The number of rotatable bonds is 3. The number of halogens is 6. The quantitative estimate of drug-likeness (QED) is 0.455. The fourth-order valence-corrected chi connectivity index (χ4v) is 2.33. The minimum absolute atomic E-state index is 0.0193. The van der Waals surface area contributed by atoms with Gasteiger partial charge in [0.25, 0.3) is 0 Å². The van der Waals surface area contributed by atoms with Crippen LogP contribution in [-0.4, -0.2) is 9.97 Å². The molecule has 0 radical (unpaired) electrons. The molecule has 0 fully saturated rings. The summed E-state index contributed by atoms with van der Waals surface area (Å²) in [5, 5.41) is 2.55. The van der Waals surface area contributed by atoms with Gasteiger partial charge in [0.05, 0.1) is 11.3 Å². The Balaban J connectivity index is 1.94. The maximum Gasteiger partial charge on any atom is 0.416 e. The molecule has 1 heterocycles. The van der Waals surface area contributed by atoms with E-state index in [1.54, 1.807) is 0 Å². The molecule has 9 heteroatoms. The largest absolute Gasteiger partial charge is 0.416 e. The van der Waals surface area contributed by atoms with Crippen LogP contribution in [0.1, 0.15) is 5.56 Å². The second-order valence-corrected chi connectivity index (χ2v) is 5.61. The summed E-state index contributed by atoms with van der Waals surface area (Å²) in [4.78, 5) is 8.03. The van der Waals surface area contributed by atoms with Gasteiger partial charge in [-0.1, -0.05) is 23.7 Å². The lowest BCUT2D eigenvalue weighted by Crippen LogP contribution is -2.04. The van der Waals surface area contributed by atoms with Gasteiger partial charge in [0.1, 0.15) is 22.6 Å². The number of aromatic nitrogens is 2. The third-order valence-corrected chi connectivity index (χ3v) is 3.55. The van der Waals surface area contributed by atoms with E-state index in [9.17, 15) is 22.0 Å². The van der Waals surface area contributed by atoms with E-state index in [1.165, 1.54) is 18.2 Å². The van der Waals surface area contributed by atoms with Crippen LogP contribution in [0.15, 0.2) is 48.5 Å². The molecule has 0 atom stereocenters.